The van der Waals surface area contributed by atoms with Gasteiger partial charge in [0.05, 0.1) is 37.8 Å². The van der Waals surface area contributed by atoms with Crippen LogP contribution in [-0.2, 0) is 22.7 Å². The second-order valence-corrected chi connectivity index (χ2v) is 11.8. The molecule has 4 bridgehead atoms. The van der Waals surface area contributed by atoms with E-state index in [0.29, 0.717) is 28.7 Å². The highest BCUT2D eigenvalue weighted by atomic mass is 16.5. The van der Waals surface area contributed by atoms with Crippen LogP contribution < -0.4 is 29.6 Å². The second kappa shape index (κ2) is 12.3. The summed E-state index contributed by atoms with van der Waals surface area (Å²) in [6.45, 7) is 0.626. The number of amides is 3. The summed E-state index contributed by atoms with van der Waals surface area (Å²) in [6, 6.07) is 17.5. The summed E-state index contributed by atoms with van der Waals surface area (Å²) in [6.07, 6.45) is 1.56. The number of fused-ring (bicyclic) bond motifs is 8. The van der Waals surface area contributed by atoms with Crippen LogP contribution >= 0.6 is 0 Å². The van der Waals surface area contributed by atoms with Crippen LogP contribution in [0.4, 0.5) is 0 Å². The van der Waals surface area contributed by atoms with Crippen molar-refractivity contribution in [1.29, 1.82) is 0 Å². The summed E-state index contributed by atoms with van der Waals surface area (Å²) in [5, 5.41) is 5.90. The first-order valence-electron chi connectivity index (χ1n) is 15.3. The Kier molecular flexibility index (Phi) is 7.85. The third-order valence-electron chi connectivity index (χ3n) is 8.64. The van der Waals surface area contributed by atoms with Crippen LogP contribution in [0.25, 0.3) is 11.0 Å². The average Bonchev–Trinajstić information content (AvgIpc) is 3.75. The number of aromatic nitrogens is 2. The van der Waals surface area contributed by atoms with E-state index in [1.54, 1.807) is 29.2 Å². The topological polar surface area (TPSA) is 133 Å². The molecule has 12 heteroatoms. The van der Waals surface area contributed by atoms with Gasteiger partial charge in [0.1, 0.15) is 18.5 Å². The van der Waals surface area contributed by atoms with Crippen molar-refractivity contribution in [3.05, 3.63) is 77.6 Å². The van der Waals surface area contributed by atoms with Gasteiger partial charge < -0.3 is 39.0 Å². The van der Waals surface area contributed by atoms with Gasteiger partial charge in [-0.1, -0.05) is 18.2 Å². The van der Waals surface area contributed by atoms with Gasteiger partial charge in [0.2, 0.25) is 5.91 Å². The van der Waals surface area contributed by atoms with Crippen molar-refractivity contribution in [2.75, 3.05) is 33.9 Å². The van der Waals surface area contributed by atoms with Crippen LogP contribution in [0.1, 0.15) is 40.5 Å². The monoisotopic (exact) mass is 625 g/mol. The van der Waals surface area contributed by atoms with Crippen LogP contribution in [0.3, 0.4) is 0 Å². The average molecular weight is 626 g/mol. The number of imidazole rings is 1. The van der Waals surface area contributed by atoms with Crippen molar-refractivity contribution in [2.45, 2.75) is 44.0 Å². The second-order valence-electron chi connectivity index (χ2n) is 11.8. The quantitative estimate of drug-likeness (QED) is 0.346. The van der Waals surface area contributed by atoms with E-state index >= 15 is 0 Å². The summed E-state index contributed by atoms with van der Waals surface area (Å²) in [5.41, 5.74) is 2.92. The van der Waals surface area contributed by atoms with E-state index in [1.807, 2.05) is 34.9 Å². The fraction of sp³-hybridized carbons (Fsp3) is 0.353. The molecule has 238 valence electrons. The van der Waals surface area contributed by atoms with Crippen LogP contribution in [0.15, 0.2) is 60.7 Å². The molecule has 2 fully saturated rings. The van der Waals surface area contributed by atoms with Gasteiger partial charge in [-0.3, -0.25) is 14.4 Å². The molecule has 3 amide bonds. The fourth-order valence-electron chi connectivity index (χ4n) is 6.04. The number of methoxy groups -OCH3 is 2. The first-order valence-corrected chi connectivity index (χ1v) is 15.3. The van der Waals surface area contributed by atoms with Gasteiger partial charge in [0.25, 0.3) is 11.8 Å². The number of para-hydroxylation sites is 2. The normalized spacial score (nSPS) is 19.8. The summed E-state index contributed by atoms with van der Waals surface area (Å²) in [4.78, 5) is 46.6. The maximum absolute atomic E-state index is 13.9. The number of hydrogen-bond acceptors (Lipinski definition) is 8. The van der Waals surface area contributed by atoms with Gasteiger partial charge in [-0.05, 0) is 60.9 Å². The van der Waals surface area contributed by atoms with Crippen LogP contribution in [0, 0.1) is 0 Å². The Labute approximate surface area is 265 Å². The molecule has 1 saturated carbocycles. The largest absolute Gasteiger partial charge is 0.493 e. The molecule has 4 aromatic rings. The molecule has 0 spiro atoms. The smallest absolute Gasteiger partial charge is 0.258 e. The standard InChI is InChI=1S/C34H35N5O7/c1-43-26-12-10-22-14-29(26)45-19-31(40)35-15-20-7-11-27(28(13-20)44-2)46-30-17-38(16-24(30)37-34(22)42)32(41)18-39-25-6-4-3-5-23(25)36-33(39)21-8-9-21/h3-7,10-14,21,24,30H,8-9,15-19H2,1-2H3,(H,35,40)(H,37,42)/t24-,30-/m0/s1. The molecule has 1 aliphatic carbocycles. The van der Waals surface area contributed by atoms with E-state index in [4.69, 9.17) is 23.9 Å². The maximum atomic E-state index is 13.9. The van der Waals surface area contributed by atoms with Crippen molar-refractivity contribution in [1.82, 2.24) is 25.1 Å². The zero-order valence-electron chi connectivity index (χ0n) is 25.7. The summed E-state index contributed by atoms with van der Waals surface area (Å²) >= 11 is 0. The molecule has 4 aliphatic rings. The summed E-state index contributed by atoms with van der Waals surface area (Å²) < 4.78 is 25.3. The minimum atomic E-state index is -0.570. The SMILES string of the molecule is COc1ccc2cc1OCC(=O)NCc1ccc(c(OC)c1)O[C@H]1CN(C(=O)Cn3c(C4CC4)nc4ccccc43)C[C@@H]1NC2=O. The van der Waals surface area contributed by atoms with Crippen LogP contribution in [-0.4, -0.2) is 78.2 Å². The third-order valence-corrected chi connectivity index (χ3v) is 8.64. The van der Waals surface area contributed by atoms with E-state index in [2.05, 4.69) is 10.6 Å². The van der Waals surface area contributed by atoms with Gasteiger partial charge in [0, 0.05) is 24.6 Å². The zero-order valence-corrected chi connectivity index (χ0v) is 25.7. The Bertz CT molecular complexity index is 1820. The Morgan fingerprint density at radius 3 is 2.61 bits per heavy atom. The molecule has 2 atom stereocenters. The highest BCUT2D eigenvalue weighted by molar-refractivity contribution is 5.95. The molecule has 1 saturated heterocycles. The summed E-state index contributed by atoms with van der Waals surface area (Å²) in [7, 11) is 3.03. The van der Waals surface area contributed by atoms with E-state index in [-0.39, 0.29) is 56.3 Å². The molecular weight excluding hydrogens is 590 g/mol. The van der Waals surface area contributed by atoms with Crippen molar-refractivity contribution in [2.24, 2.45) is 0 Å². The van der Waals surface area contributed by atoms with Crippen LogP contribution in [0.5, 0.6) is 23.0 Å². The predicted molar refractivity (Wildman–Crippen MR) is 167 cm³/mol. The highest BCUT2D eigenvalue weighted by Crippen LogP contribution is 2.41. The van der Waals surface area contributed by atoms with Gasteiger partial charge in [0.15, 0.2) is 29.6 Å². The number of hydrogen-bond donors (Lipinski definition) is 2. The maximum Gasteiger partial charge on any atom is 0.258 e. The third kappa shape index (κ3) is 5.90. The van der Waals surface area contributed by atoms with Crippen molar-refractivity contribution < 1.29 is 33.3 Å². The molecule has 1 aromatic heterocycles. The number of ether oxygens (including phenoxy) is 4. The number of benzene rings is 3. The first kappa shape index (κ1) is 29.5. The minimum Gasteiger partial charge on any atom is -0.493 e. The highest BCUT2D eigenvalue weighted by Gasteiger charge is 2.39. The molecule has 12 nitrogen and oxygen atoms in total. The van der Waals surface area contributed by atoms with Crippen molar-refractivity contribution in [3.8, 4) is 23.0 Å². The lowest BCUT2D eigenvalue weighted by molar-refractivity contribution is -0.131. The Hall–Kier alpha value is -5.26. The van der Waals surface area contributed by atoms with Crippen molar-refractivity contribution in [3.63, 3.8) is 0 Å². The van der Waals surface area contributed by atoms with E-state index in [0.717, 1.165) is 35.3 Å². The number of nitrogens with zero attached hydrogens (tertiary/aromatic N) is 3. The van der Waals surface area contributed by atoms with Gasteiger partial charge >= 0.3 is 0 Å². The predicted octanol–water partition coefficient (Wildman–Crippen LogP) is 3.03. The minimum absolute atomic E-state index is 0.0873. The van der Waals surface area contributed by atoms with Gasteiger partial charge in [-0.15, -0.1) is 0 Å². The molecular formula is C34H35N5O7. The Balaban J connectivity index is 1.19. The Morgan fingerprint density at radius 2 is 1.80 bits per heavy atom. The van der Waals surface area contributed by atoms with E-state index in [9.17, 15) is 14.4 Å². The lowest BCUT2D eigenvalue weighted by Gasteiger charge is -2.22. The molecule has 3 aromatic carbocycles. The molecule has 3 aliphatic heterocycles. The molecule has 8 rings (SSSR count). The molecule has 0 unspecified atom stereocenters. The lowest BCUT2D eigenvalue weighted by atomic mass is 10.1. The van der Waals surface area contributed by atoms with Gasteiger partial charge in [-0.2, -0.15) is 0 Å². The van der Waals surface area contributed by atoms with E-state index < -0.39 is 12.1 Å². The van der Waals surface area contributed by atoms with Crippen molar-refractivity contribution >= 4 is 28.8 Å². The number of nitrogens with one attached hydrogen (secondary N) is 2. The molecule has 0 radical (unpaired) electrons. The van der Waals surface area contributed by atoms with Gasteiger partial charge in [-0.25, -0.2) is 4.98 Å². The number of rotatable bonds is 5. The Morgan fingerprint density at radius 1 is 0.978 bits per heavy atom. The lowest BCUT2D eigenvalue weighted by Crippen LogP contribution is -2.45. The zero-order chi connectivity index (χ0) is 31.8. The van der Waals surface area contributed by atoms with Crippen LogP contribution in [0.2, 0.25) is 0 Å². The number of carbonyl (C=O) groups excluding carboxylic acids is 3. The fourth-order valence-corrected chi connectivity index (χ4v) is 6.04. The molecule has 4 heterocycles. The number of likely N-dealkylation sites (tertiary alicyclic amines) is 1. The summed E-state index contributed by atoms with van der Waals surface area (Å²) in [5.74, 6) is 2.08. The molecule has 2 N–H and O–H groups in total. The first-order chi connectivity index (χ1) is 22.4. The number of carbonyl (C=O) groups is 3. The molecule has 46 heavy (non-hydrogen) atoms. The van der Waals surface area contributed by atoms with E-state index in [1.165, 1.54) is 20.3 Å².